The van der Waals surface area contributed by atoms with Crippen molar-refractivity contribution in [2.45, 2.75) is 19.3 Å². The van der Waals surface area contributed by atoms with Gasteiger partial charge < -0.3 is 31.3 Å². The van der Waals surface area contributed by atoms with Crippen LogP contribution in [0.3, 0.4) is 0 Å². The first-order valence-electron chi connectivity index (χ1n) is 9.79. The summed E-state index contributed by atoms with van der Waals surface area (Å²) in [6.07, 6.45) is 4.78. The fourth-order valence-corrected chi connectivity index (χ4v) is 3.27. The number of aromatic nitrogens is 1. The highest BCUT2D eigenvalue weighted by atomic mass is 32.2. The molecule has 0 atom stereocenters. The zero-order valence-electron chi connectivity index (χ0n) is 19.1. The molecule has 0 saturated heterocycles. The SMILES string of the molecule is CN=C(NCCCCc1csc(NC(N)=NCCOC)n1)NS(C)(=O)=O.O=C(O)/C=C\C(=O)O. The molecule has 0 fully saturated rings. The highest BCUT2D eigenvalue weighted by Crippen LogP contribution is 2.16. The molecule has 0 aliphatic carbocycles. The Balaban J connectivity index is 0.00000116. The maximum absolute atomic E-state index is 11.2. The van der Waals surface area contributed by atoms with Crippen LogP contribution in [0.2, 0.25) is 0 Å². The number of anilines is 1. The zero-order valence-corrected chi connectivity index (χ0v) is 20.8. The highest BCUT2D eigenvalue weighted by molar-refractivity contribution is 7.89. The van der Waals surface area contributed by atoms with E-state index in [-0.39, 0.29) is 5.96 Å². The van der Waals surface area contributed by atoms with Crippen molar-refractivity contribution in [1.82, 2.24) is 15.0 Å². The average molecular weight is 522 g/mol. The highest BCUT2D eigenvalue weighted by Gasteiger charge is 2.06. The lowest BCUT2D eigenvalue weighted by Crippen LogP contribution is -2.40. The first-order valence-corrected chi connectivity index (χ1v) is 12.6. The Kier molecular flexibility index (Phi) is 15.6. The third kappa shape index (κ3) is 18.3. The molecule has 0 aliphatic rings. The van der Waals surface area contributed by atoms with Gasteiger partial charge in [0.15, 0.2) is 11.1 Å². The van der Waals surface area contributed by atoms with Crippen LogP contribution in [0, 0.1) is 0 Å². The second-order valence-corrected chi connectivity index (χ2v) is 8.98. The number of hydrogen-bond donors (Lipinski definition) is 6. The number of hydrogen-bond acceptors (Lipinski definition) is 9. The number of rotatable bonds is 12. The Bertz CT molecular complexity index is 944. The fraction of sp³-hybridized carbons (Fsp3) is 0.500. The molecule has 16 heteroatoms. The van der Waals surface area contributed by atoms with Gasteiger partial charge in [-0.15, -0.1) is 11.3 Å². The van der Waals surface area contributed by atoms with Gasteiger partial charge in [-0.3, -0.25) is 14.7 Å². The number of unbranched alkanes of at least 4 members (excludes halogenated alkanes) is 1. The van der Waals surface area contributed by atoms with Crippen molar-refractivity contribution >= 4 is 50.3 Å². The van der Waals surface area contributed by atoms with Crippen LogP contribution in [-0.2, 0) is 30.8 Å². The van der Waals surface area contributed by atoms with Crippen LogP contribution in [0.4, 0.5) is 5.13 Å². The molecule has 1 rings (SSSR count). The molecule has 34 heavy (non-hydrogen) atoms. The quantitative estimate of drug-likeness (QED) is 0.0905. The van der Waals surface area contributed by atoms with E-state index in [0.717, 1.165) is 31.2 Å². The van der Waals surface area contributed by atoms with Crippen LogP contribution < -0.4 is 21.1 Å². The Morgan fingerprint density at radius 1 is 1.26 bits per heavy atom. The van der Waals surface area contributed by atoms with E-state index in [2.05, 4.69) is 30.3 Å². The van der Waals surface area contributed by atoms with Gasteiger partial charge in [-0.1, -0.05) is 0 Å². The van der Waals surface area contributed by atoms with E-state index in [1.54, 1.807) is 7.11 Å². The van der Waals surface area contributed by atoms with E-state index >= 15 is 0 Å². The van der Waals surface area contributed by atoms with E-state index in [0.29, 0.717) is 42.9 Å². The number of aliphatic imine (C=N–C) groups is 2. The van der Waals surface area contributed by atoms with Crippen molar-refractivity contribution in [2.75, 3.05) is 45.4 Å². The molecule has 0 saturated carbocycles. The predicted octanol–water partition coefficient (Wildman–Crippen LogP) is -0.325. The molecule has 14 nitrogen and oxygen atoms in total. The van der Waals surface area contributed by atoms with Crippen molar-refractivity contribution in [2.24, 2.45) is 15.7 Å². The first kappa shape index (κ1) is 30.8. The summed E-state index contributed by atoms with van der Waals surface area (Å²) >= 11 is 1.47. The predicted molar refractivity (Wildman–Crippen MR) is 131 cm³/mol. The number of carboxylic acid groups (broad SMARTS) is 2. The lowest BCUT2D eigenvalue weighted by Gasteiger charge is -2.09. The Morgan fingerprint density at radius 2 is 1.91 bits per heavy atom. The fourth-order valence-electron chi connectivity index (χ4n) is 2.00. The Morgan fingerprint density at radius 3 is 2.44 bits per heavy atom. The van der Waals surface area contributed by atoms with Gasteiger partial charge in [0, 0.05) is 38.2 Å². The molecule has 0 radical (unpaired) electrons. The van der Waals surface area contributed by atoms with Gasteiger partial charge >= 0.3 is 11.9 Å². The summed E-state index contributed by atoms with van der Waals surface area (Å²) in [7, 11) is -0.188. The Labute approximate surface area is 202 Å². The van der Waals surface area contributed by atoms with E-state index in [4.69, 9.17) is 20.7 Å². The van der Waals surface area contributed by atoms with Crippen LogP contribution in [0.25, 0.3) is 0 Å². The van der Waals surface area contributed by atoms with Crippen LogP contribution >= 0.6 is 11.3 Å². The summed E-state index contributed by atoms with van der Waals surface area (Å²) in [5.41, 5.74) is 6.74. The summed E-state index contributed by atoms with van der Waals surface area (Å²) < 4.78 is 29.5. The summed E-state index contributed by atoms with van der Waals surface area (Å²) in [5, 5.41) is 24.2. The summed E-state index contributed by atoms with van der Waals surface area (Å²) in [5.74, 6) is -1.95. The van der Waals surface area contributed by atoms with E-state index in [1.807, 2.05) is 5.38 Å². The molecular formula is C18H31N7O7S2. The second-order valence-electron chi connectivity index (χ2n) is 6.37. The van der Waals surface area contributed by atoms with Gasteiger partial charge in [-0.25, -0.2) is 23.0 Å². The van der Waals surface area contributed by atoms with Gasteiger partial charge in [0.25, 0.3) is 0 Å². The van der Waals surface area contributed by atoms with Gasteiger partial charge in [0.05, 0.1) is 25.1 Å². The molecule has 0 aromatic carbocycles. The normalized spacial score (nSPS) is 12.1. The average Bonchev–Trinajstić information content (AvgIpc) is 3.18. The molecule has 192 valence electrons. The van der Waals surface area contributed by atoms with E-state index in [9.17, 15) is 18.0 Å². The number of aryl methyl sites for hydroxylation is 1. The number of sulfonamides is 1. The number of carboxylic acids is 2. The minimum atomic E-state index is -3.32. The summed E-state index contributed by atoms with van der Waals surface area (Å²) in [4.78, 5) is 31.5. The minimum Gasteiger partial charge on any atom is -0.478 e. The van der Waals surface area contributed by atoms with Crippen LogP contribution in [0.1, 0.15) is 18.5 Å². The molecule has 0 amide bonds. The molecule has 0 aliphatic heterocycles. The number of aliphatic carboxylic acids is 2. The van der Waals surface area contributed by atoms with Crippen LogP contribution in [0.15, 0.2) is 27.5 Å². The number of guanidine groups is 2. The molecule has 1 aromatic rings. The maximum atomic E-state index is 11.2. The van der Waals surface area contributed by atoms with Crippen LogP contribution in [-0.4, -0.2) is 87.6 Å². The standard InChI is InChI=1S/C14H27N7O3S2.C4H4O4/c1-16-13(21-26(3,22)23)18-7-5-4-6-11-10-25-14(19-11)20-12(15)17-8-9-24-2;5-3(6)1-2-4(7)8/h10H,4-9H2,1-3H3,(H2,16,18,21)(H3,15,17,19,20);1-2H,(H,5,6)(H,7,8)/b;2-1-. The molecule has 0 spiro atoms. The number of nitrogens with zero attached hydrogens (tertiary/aromatic N) is 3. The van der Waals surface area contributed by atoms with Crippen LogP contribution in [0.5, 0.6) is 0 Å². The molecular weight excluding hydrogens is 490 g/mol. The molecule has 0 bridgehead atoms. The lowest BCUT2D eigenvalue weighted by atomic mass is 10.2. The number of carbonyl (C=O) groups is 2. The van der Waals surface area contributed by atoms with Gasteiger partial charge in [0.2, 0.25) is 16.0 Å². The largest absolute Gasteiger partial charge is 0.478 e. The third-order valence-corrected chi connectivity index (χ3v) is 4.76. The van der Waals surface area contributed by atoms with E-state index < -0.39 is 22.0 Å². The van der Waals surface area contributed by atoms with Crippen molar-refractivity contribution in [1.29, 1.82) is 0 Å². The smallest absolute Gasteiger partial charge is 0.328 e. The minimum absolute atomic E-state index is 0.246. The lowest BCUT2D eigenvalue weighted by molar-refractivity contribution is -0.134. The number of ether oxygens (including phenoxy) is 1. The maximum Gasteiger partial charge on any atom is 0.328 e. The van der Waals surface area contributed by atoms with E-state index in [1.165, 1.54) is 18.4 Å². The number of thiazole rings is 1. The second kappa shape index (κ2) is 17.3. The summed E-state index contributed by atoms with van der Waals surface area (Å²) in [6.45, 7) is 1.63. The van der Waals surface area contributed by atoms with Gasteiger partial charge in [0.1, 0.15) is 0 Å². The number of methoxy groups -OCH3 is 1. The molecule has 1 aromatic heterocycles. The summed E-state index contributed by atoms with van der Waals surface area (Å²) in [6, 6.07) is 0. The zero-order chi connectivity index (χ0) is 26.0. The Hall–Kier alpha value is -3.24. The topological polar surface area (TPSA) is 218 Å². The molecule has 1 heterocycles. The van der Waals surface area contributed by atoms with Crippen molar-refractivity contribution < 1.29 is 33.0 Å². The monoisotopic (exact) mass is 521 g/mol. The van der Waals surface area contributed by atoms with Gasteiger partial charge in [-0.05, 0) is 19.3 Å². The van der Waals surface area contributed by atoms with Crippen molar-refractivity contribution in [3.8, 4) is 0 Å². The number of nitrogens with two attached hydrogens (primary N) is 1. The van der Waals surface area contributed by atoms with Crippen molar-refractivity contribution in [3.63, 3.8) is 0 Å². The molecule has 0 unspecified atom stereocenters. The van der Waals surface area contributed by atoms with Gasteiger partial charge in [-0.2, -0.15) is 0 Å². The van der Waals surface area contributed by atoms with Crippen molar-refractivity contribution in [3.05, 3.63) is 23.2 Å². The third-order valence-electron chi connectivity index (χ3n) is 3.39. The first-order chi connectivity index (χ1) is 16.0. The number of nitrogens with one attached hydrogen (secondary N) is 3. The molecule has 7 N–H and O–H groups in total.